The molecule has 30 heavy (non-hydrogen) atoms. The molecule has 1 atom stereocenters. The molecule has 0 spiro atoms. The predicted octanol–water partition coefficient (Wildman–Crippen LogP) is 3.79. The van der Waals surface area contributed by atoms with E-state index in [0.29, 0.717) is 24.9 Å². The minimum atomic E-state index is 0.0984. The number of rotatable bonds is 6. The van der Waals surface area contributed by atoms with Crippen LogP contribution in [-0.4, -0.2) is 51.1 Å². The molecule has 7 nitrogen and oxygen atoms in total. The minimum Gasteiger partial charge on any atom is -0.490 e. The van der Waals surface area contributed by atoms with Crippen LogP contribution in [0.15, 0.2) is 23.4 Å². The lowest BCUT2D eigenvalue weighted by atomic mass is 10.0. The first kappa shape index (κ1) is 19.7. The van der Waals surface area contributed by atoms with E-state index in [2.05, 4.69) is 33.8 Å². The predicted molar refractivity (Wildman–Crippen MR) is 114 cm³/mol. The molecule has 8 heteroatoms. The van der Waals surface area contributed by atoms with Gasteiger partial charge in [-0.15, -0.1) is 10.2 Å². The number of ether oxygens (including phenoxy) is 2. The number of carbonyl (C=O) groups excluding carboxylic acids is 1. The summed E-state index contributed by atoms with van der Waals surface area (Å²) < 4.78 is 13.8. The smallest absolute Gasteiger partial charge is 0.233 e. The van der Waals surface area contributed by atoms with Crippen LogP contribution in [-0.2, 0) is 11.3 Å². The molecule has 1 aromatic heterocycles. The van der Waals surface area contributed by atoms with Crippen molar-refractivity contribution in [3.05, 3.63) is 29.6 Å². The zero-order chi connectivity index (χ0) is 20.5. The number of likely N-dealkylation sites (tertiary alicyclic amines) is 1. The van der Waals surface area contributed by atoms with Crippen LogP contribution >= 0.6 is 11.8 Å². The minimum absolute atomic E-state index is 0.0984. The number of fused-ring (bicyclic) bond motifs is 1. The van der Waals surface area contributed by atoms with Gasteiger partial charge in [-0.2, -0.15) is 0 Å². The van der Waals surface area contributed by atoms with E-state index in [-0.39, 0.29) is 11.9 Å². The van der Waals surface area contributed by atoms with Crippen molar-refractivity contribution in [3.63, 3.8) is 0 Å². The van der Waals surface area contributed by atoms with Gasteiger partial charge in [0.15, 0.2) is 16.7 Å². The Morgan fingerprint density at radius 3 is 2.77 bits per heavy atom. The second kappa shape index (κ2) is 8.49. The monoisotopic (exact) mass is 428 g/mol. The Bertz CT molecular complexity index is 927. The van der Waals surface area contributed by atoms with Crippen LogP contribution in [0.2, 0.25) is 0 Å². The Labute approximate surface area is 181 Å². The molecule has 5 rings (SSSR count). The van der Waals surface area contributed by atoms with E-state index in [1.165, 1.54) is 24.6 Å². The normalized spacial score (nSPS) is 21.0. The molecule has 160 valence electrons. The molecule has 2 fully saturated rings. The zero-order valence-corrected chi connectivity index (χ0v) is 18.2. The molecule has 0 bridgehead atoms. The van der Waals surface area contributed by atoms with Gasteiger partial charge < -0.3 is 18.9 Å². The van der Waals surface area contributed by atoms with E-state index in [1.807, 2.05) is 11.0 Å². The zero-order valence-electron chi connectivity index (χ0n) is 17.4. The number of benzene rings is 1. The Kier molecular flexibility index (Phi) is 5.58. The molecule has 0 radical (unpaired) electrons. The van der Waals surface area contributed by atoms with Gasteiger partial charge in [-0.25, -0.2) is 0 Å². The molecule has 1 amide bonds. The second-order valence-corrected chi connectivity index (χ2v) is 9.09. The third-order valence-corrected chi connectivity index (χ3v) is 7.01. The van der Waals surface area contributed by atoms with Crippen LogP contribution in [0.1, 0.15) is 62.4 Å². The van der Waals surface area contributed by atoms with Gasteiger partial charge in [0.2, 0.25) is 5.91 Å². The van der Waals surface area contributed by atoms with E-state index in [1.54, 1.807) is 0 Å². The van der Waals surface area contributed by atoms with Crippen molar-refractivity contribution in [2.75, 3.05) is 25.5 Å². The first-order valence-corrected chi connectivity index (χ1v) is 12.0. The van der Waals surface area contributed by atoms with E-state index in [4.69, 9.17) is 9.47 Å². The molecular weight excluding hydrogens is 400 g/mol. The van der Waals surface area contributed by atoms with Crippen molar-refractivity contribution in [1.29, 1.82) is 0 Å². The fourth-order valence-electron chi connectivity index (χ4n) is 4.36. The van der Waals surface area contributed by atoms with Gasteiger partial charge in [-0.1, -0.05) is 17.8 Å². The van der Waals surface area contributed by atoms with E-state index in [9.17, 15) is 4.79 Å². The number of hydrogen-bond donors (Lipinski definition) is 0. The van der Waals surface area contributed by atoms with Gasteiger partial charge in [0.1, 0.15) is 5.82 Å². The van der Waals surface area contributed by atoms with Gasteiger partial charge in [-0.3, -0.25) is 4.79 Å². The lowest BCUT2D eigenvalue weighted by Crippen LogP contribution is -2.32. The molecule has 1 aromatic carbocycles. The van der Waals surface area contributed by atoms with Crippen molar-refractivity contribution in [2.24, 2.45) is 0 Å². The lowest BCUT2D eigenvalue weighted by molar-refractivity contribution is -0.129. The summed E-state index contributed by atoms with van der Waals surface area (Å²) >= 11 is 1.51. The summed E-state index contributed by atoms with van der Waals surface area (Å²) in [5, 5.41) is 9.59. The fourth-order valence-corrected chi connectivity index (χ4v) is 5.25. The third-order valence-electron chi connectivity index (χ3n) is 6.06. The Hall–Kier alpha value is -2.22. The molecule has 1 aliphatic carbocycles. The summed E-state index contributed by atoms with van der Waals surface area (Å²) in [6.07, 6.45) is 5.29. The third kappa shape index (κ3) is 3.89. The van der Waals surface area contributed by atoms with E-state index in [0.717, 1.165) is 60.4 Å². The van der Waals surface area contributed by atoms with Crippen LogP contribution < -0.4 is 9.47 Å². The second-order valence-electron chi connectivity index (χ2n) is 8.15. The summed E-state index contributed by atoms with van der Waals surface area (Å²) in [5.41, 5.74) is 1.13. The van der Waals surface area contributed by atoms with Crippen molar-refractivity contribution in [1.82, 2.24) is 19.7 Å². The van der Waals surface area contributed by atoms with Gasteiger partial charge in [-0.05, 0) is 50.3 Å². The number of thioether (sulfide) groups is 1. The van der Waals surface area contributed by atoms with Crippen LogP contribution in [0, 0.1) is 0 Å². The molecule has 3 aliphatic rings. The maximum atomic E-state index is 13.1. The van der Waals surface area contributed by atoms with Crippen LogP contribution in [0.5, 0.6) is 11.5 Å². The molecule has 0 N–H and O–H groups in total. The summed E-state index contributed by atoms with van der Waals surface area (Å²) in [6.45, 7) is 5.11. The summed E-state index contributed by atoms with van der Waals surface area (Å²) in [4.78, 5) is 15.1. The molecule has 1 saturated heterocycles. The maximum absolute atomic E-state index is 13.1. The quantitative estimate of drug-likeness (QED) is 0.652. The van der Waals surface area contributed by atoms with Crippen LogP contribution in [0.3, 0.4) is 0 Å². The SMILES string of the molecule is CCn1c(SCC(=O)N2CCCC2c2ccc3c(c2)OCCCO3)nnc1C1CC1. The van der Waals surface area contributed by atoms with E-state index >= 15 is 0 Å². The van der Waals surface area contributed by atoms with Crippen molar-refractivity contribution in [3.8, 4) is 11.5 Å². The van der Waals surface area contributed by atoms with Crippen LogP contribution in [0.4, 0.5) is 0 Å². The summed E-state index contributed by atoms with van der Waals surface area (Å²) in [7, 11) is 0. The average molecular weight is 429 g/mol. The van der Waals surface area contributed by atoms with Crippen molar-refractivity contribution >= 4 is 17.7 Å². The largest absolute Gasteiger partial charge is 0.490 e. The van der Waals surface area contributed by atoms with Gasteiger partial charge in [0, 0.05) is 25.4 Å². The Morgan fingerprint density at radius 1 is 1.13 bits per heavy atom. The Morgan fingerprint density at radius 2 is 1.97 bits per heavy atom. The molecule has 3 heterocycles. The number of carbonyl (C=O) groups is 1. The number of aromatic nitrogens is 3. The highest BCUT2D eigenvalue weighted by Gasteiger charge is 2.32. The first-order chi connectivity index (χ1) is 14.7. The molecular formula is C22H28N4O3S. The highest BCUT2D eigenvalue weighted by atomic mass is 32.2. The highest BCUT2D eigenvalue weighted by Crippen LogP contribution is 2.41. The standard InChI is InChI=1S/C22H28N4O3S/c1-2-25-21(15-6-7-15)23-24-22(25)30-14-20(27)26-10-3-5-17(26)16-8-9-18-19(13-16)29-12-4-11-28-18/h8-9,13,15,17H,2-7,10-12,14H2,1H3. The van der Waals surface area contributed by atoms with Crippen molar-refractivity contribution in [2.45, 2.75) is 62.7 Å². The number of hydrogen-bond acceptors (Lipinski definition) is 6. The van der Waals surface area contributed by atoms with Gasteiger partial charge >= 0.3 is 0 Å². The highest BCUT2D eigenvalue weighted by molar-refractivity contribution is 7.99. The first-order valence-electron chi connectivity index (χ1n) is 11.0. The summed E-state index contributed by atoms with van der Waals surface area (Å²) in [5.74, 6) is 3.79. The number of amides is 1. The van der Waals surface area contributed by atoms with Gasteiger partial charge in [0.25, 0.3) is 0 Å². The molecule has 2 aromatic rings. The van der Waals surface area contributed by atoms with Crippen LogP contribution in [0.25, 0.3) is 0 Å². The van der Waals surface area contributed by atoms with Crippen molar-refractivity contribution < 1.29 is 14.3 Å². The Balaban J connectivity index is 1.27. The summed E-state index contributed by atoms with van der Waals surface area (Å²) in [6, 6.07) is 6.21. The maximum Gasteiger partial charge on any atom is 0.233 e. The molecule has 2 aliphatic heterocycles. The lowest BCUT2D eigenvalue weighted by Gasteiger charge is -2.25. The van der Waals surface area contributed by atoms with Gasteiger partial charge in [0.05, 0.1) is 25.0 Å². The van der Waals surface area contributed by atoms with E-state index < -0.39 is 0 Å². The average Bonchev–Trinajstić information content (AvgIpc) is 3.42. The number of nitrogens with zero attached hydrogens (tertiary/aromatic N) is 4. The fraction of sp³-hybridized carbons (Fsp3) is 0.591. The molecule has 1 saturated carbocycles. The topological polar surface area (TPSA) is 69.5 Å². The molecule has 1 unspecified atom stereocenters.